The second-order valence-electron chi connectivity index (χ2n) is 4.53. The normalized spacial score (nSPS) is 25.5. The lowest BCUT2D eigenvalue weighted by Crippen LogP contribution is -2.27. The fourth-order valence-electron chi connectivity index (χ4n) is 1.81. The van der Waals surface area contributed by atoms with E-state index < -0.39 is 0 Å². The van der Waals surface area contributed by atoms with Crippen LogP contribution >= 0.6 is 11.3 Å². The van der Waals surface area contributed by atoms with Gasteiger partial charge in [-0.2, -0.15) is 0 Å². The van der Waals surface area contributed by atoms with Crippen molar-refractivity contribution >= 4 is 11.3 Å². The number of ether oxygens (including phenoxy) is 1. The van der Waals surface area contributed by atoms with Gasteiger partial charge in [0.05, 0.1) is 23.9 Å². The number of aromatic nitrogens is 1. The molecule has 4 nitrogen and oxygen atoms in total. The van der Waals surface area contributed by atoms with E-state index in [4.69, 9.17) is 10.5 Å². The van der Waals surface area contributed by atoms with E-state index in [1.807, 2.05) is 0 Å². The van der Waals surface area contributed by atoms with Crippen LogP contribution in [-0.4, -0.2) is 49.8 Å². The average Bonchev–Trinajstić information content (AvgIpc) is 2.83. The number of rotatable bonds is 4. The first-order valence-corrected chi connectivity index (χ1v) is 6.47. The van der Waals surface area contributed by atoms with E-state index in [0.717, 1.165) is 25.3 Å². The zero-order valence-corrected chi connectivity index (χ0v) is 10.7. The Bertz CT molecular complexity index is 340. The molecule has 0 bridgehead atoms. The zero-order chi connectivity index (χ0) is 11.5. The van der Waals surface area contributed by atoms with Gasteiger partial charge in [0.25, 0.3) is 0 Å². The van der Waals surface area contributed by atoms with Gasteiger partial charge in [0.1, 0.15) is 0 Å². The molecule has 1 saturated heterocycles. The smallest absolute Gasteiger partial charge is 0.0941 e. The van der Waals surface area contributed by atoms with E-state index in [-0.39, 0.29) is 6.04 Å². The van der Waals surface area contributed by atoms with Gasteiger partial charge in [-0.25, -0.2) is 4.98 Å². The molecule has 1 aromatic heterocycles. The van der Waals surface area contributed by atoms with E-state index in [1.165, 1.54) is 5.01 Å². The zero-order valence-electron chi connectivity index (χ0n) is 9.85. The highest BCUT2D eigenvalue weighted by atomic mass is 32.1. The van der Waals surface area contributed by atoms with Gasteiger partial charge in [0, 0.05) is 30.3 Å². The number of nitrogens with zero attached hydrogens (tertiary/aromatic N) is 2. The summed E-state index contributed by atoms with van der Waals surface area (Å²) >= 11 is 1.73. The van der Waals surface area contributed by atoms with Crippen molar-refractivity contribution in [1.82, 2.24) is 9.88 Å². The van der Waals surface area contributed by atoms with Crippen molar-refractivity contribution in [2.24, 2.45) is 5.73 Å². The summed E-state index contributed by atoms with van der Waals surface area (Å²) in [6.07, 6.45) is 1.01. The number of likely N-dealkylation sites (N-methyl/N-ethyl adjacent to an activating group) is 1. The Balaban J connectivity index is 1.96. The highest BCUT2D eigenvalue weighted by Crippen LogP contribution is 2.25. The Labute approximate surface area is 100 Å². The second-order valence-corrected chi connectivity index (χ2v) is 5.47. The first-order valence-electron chi connectivity index (χ1n) is 5.59. The molecule has 2 unspecified atom stereocenters. The summed E-state index contributed by atoms with van der Waals surface area (Å²) in [5.41, 5.74) is 7.09. The summed E-state index contributed by atoms with van der Waals surface area (Å²) in [5, 5.41) is 3.33. The molecule has 0 amide bonds. The van der Waals surface area contributed by atoms with Crippen molar-refractivity contribution in [2.75, 3.05) is 33.9 Å². The van der Waals surface area contributed by atoms with Crippen LogP contribution in [0.4, 0.5) is 0 Å². The molecule has 1 aromatic rings. The SMILES string of the molecule is CN(C)CCc1nc(C2COCC2N)cs1. The van der Waals surface area contributed by atoms with Crippen molar-refractivity contribution in [3.8, 4) is 0 Å². The van der Waals surface area contributed by atoms with Crippen LogP contribution < -0.4 is 5.73 Å². The third kappa shape index (κ3) is 2.79. The number of thiazole rings is 1. The van der Waals surface area contributed by atoms with Crippen LogP contribution in [0.25, 0.3) is 0 Å². The van der Waals surface area contributed by atoms with Crippen LogP contribution in [0.2, 0.25) is 0 Å². The maximum atomic E-state index is 5.97. The Kier molecular flexibility index (Phi) is 3.91. The standard InChI is InChI=1S/C11H19N3OS/c1-14(2)4-3-11-13-10(7-16-11)8-5-15-6-9(8)12/h7-9H,3-6,12H2,1-2H3. The quantitative estimate of drug-likeness (QED) is 0.842. The summed E-state index contributed by atoms with van der Waals surface area (Å²) in [7, 11) is 4.16. The fourth-order valence-corrected chi connectivity index (χ4v) is 2.66. The summed E-state index contributed by atoms with van der Waals surface area (Å²) in [5.74, 6) is 0.296. The molecule has 0 radical (unpaired) electrons. The van der Waals surface area contributed by atoms with Crippen LogP contribution in [0.3, 0.4) is 0 Å². The maximum absolute atomic E-state index is 5.97. The molecule has 16 heavy (non-hydrogen) atoms. The number of hydrogen-bond donors (Lipinski definition) is 1. The van der Waals surface area contributed by atoms with Crippen LogP contribution in [-0.2, 0) is 11.2 Å². The Hall–Kier alpha value is -0.490. The minimum absolute atomic E-state index is 0.115. The van der Waals surface area contributed by atoms with Crippen LogP contribution in [0.15, 0.2) is 5.38 Å². The van der Waals surface area contributed by atoms with Gasteiger partial charge in [0.2, 0.25) is 0 Å². The van der Waals surface area contributed by atoms with E-state index in [0.29, 0.717) is 12.5 Å². The lowest BCUT2D eigenvalue weighted by atomic mass is 10.0. The van der Waals surface area contributed by atoms with Gasteiger partial charge in [-0.3, -0.25) is 0 Å². The van der Waals surface area contributed by atoms with E-state index in [9.17, 15) is 0 Å². The highest BCUT2D eigenvalue weighted by Gasteiger charge is 2.28. The molecule has 2 N–H and O–H groups in total. The van der Waals surface area contributed by atoms with Gasteiger partial charge in [-0.1, -0.05) is 0 Å². The van der Waals surface area contributed by atoms with Crippen molar-refractivity contribution in [2.45, 2.75) is 18.4 Å². The summed E-state index contributed by atoms with van der Waals surface area (Å²) in [6, 6.07) is 0.115. The predicted octanol–water partition coefficient (Wildman–Crippen LogP) is 0.688. The van der Waals surface area contributed by atoms with E-state index >= 15 is 0 Å². The molecule has 2 rings (SSSR count). The van der Waals surface area contributed by atoms with Crippen LogP contribution in [0.1, 0.15) is 16.6 Å². The third-order valence-electron chi connectivity index (χ3n) is 2.85. The van der Waals surface area contributed by atoms with Gasteiger partial charge in [-0.05, 0) is 14.1 Å². The monoisotopic (exact) mass is 241 g/mol. The molecule has 0 aliphatic carbocycles. The first kappa shape index (κ1) is 12.0. The topological polar surface area (TPSA) is 51.4 Å². The highest BCUT2D eigenvalue weighted by molar-refractivity contribution is 7.09. The Morgan fingerprint density at radius 2 is 2.38 bits per heavy atom. The van der Waals surface area contributed by atoms with Crippen molar-refractivity contribution in [1.29, 1.82) is 0 Å². The molecule has 0 spiro atoms. The number of nitrogens with two attached hydrogens (primary N) is 1. The largest absolute Gasteiger partial charge is 0.379 e. The Morgan fingerprint density at radius 3 is 3.00 bits per heavy atom. The molecule has 2 heterocycles. The lowest BCUT2D eigenvalue weighted by molar-refractivity contribution is 0.190. The predicted molar refractivity (Wildman–Crippen MR) is 65.9 cm³/mol. The fraction of sp³-hybridized carbons (Fsp3) is 0.727. The summed E-state index contributed by atoms with van der Waals surface area (Å²) in [6.45, 7) is 2.42. The second kappa shape index (κ2) is 5.23. The lowest BCUT2D eigenvalue weighted by Gasteiger charge is -2.09. The molecule has 1 aliphatic rings. The molecule has 5 heteroatoms. The van der Waals surface area contributed by atoms with Crippen LogP contribution in [0, 0.1) is 0 Å². The maximum Gasteiger partial charge on any atom is 0.0941 e. The average molecular weight is 241 g/mol. The van der Waals surface area contributed by atoms with Gasteiger partial charge < -0.3 is 15.4 Å². The summed E-state index contributed by atoms with van der Waals surface area (Å²) < 4.78 is 5.36. The molecule has 2 atom stereocenters. The molecular formula is C11H19N3OS. The van der Waals surface area contributed by atoms with Gasteiger partial charge in [-0.15, -0.1) is 11.3 Å². The number of hydrogen-bond acceptors (Lipinski definition) is 5. The Morgan fingerprint density at radius 1 is 1.56 bits per heavy atom. The minimum atomic E-state index is 0.115. The van der Waals surface area contributed by atoms with Crippen molar-refractivity contribution < 1.29 is 4.74 Å². The van der Waals surface area contributed by atoms with E-state index in [1.54, 1.807) is 11.3 Å². The minimum Gasteiger partial charge on any atom is -0.379 e. The molecular weight excluding hydrogens is 222 g/mol. The van der Waals surface area contributed by atoms with Crippen molar-refractivity contribution in [3.05, 3.63) is 16.1 Å². The first-order chi connectivity index (χ1) is 7.66. The van der Waals surface area contributed by atoms with Crippen molar-refractivity contribution in [3.63, 3.8) is 0 Å². The molecule has 0 saturated carbocycles. The van der Waals surface area contributed by atoms with Gasteiger partial charge >= 0.3 is 0 Å². The summed E-state index contributed by atoms with van der Waals surface area (Å²) in [4.78, 5) is 6.82. The molecule has 1 fully saturated rings. The molecule has 1 aliphatic heterocycles. The molecule has 90 valence electrons. The van der Waals surface area contributed by atoms with Gasteiger partial charge in [0.15, 0.2) is 0 Å². The van der Waals surface area contributed by atoms with Crippen LogP contribution in [0.5, 0.6) is 0 Å². The molecule has 0 aromatic carbocycles. The van der Waals surface area contributed by atoms with E-state index in [2.05, 4.69) is 29.4 Å². The third-order valence-corrected chi connectivity index (χ3v) is 3.77.